The zero-order valence-electron chi connectivity index (χ0n) is 16.0. The number of hydrazine groups is 1. The number of benzene rings is 2. The van der Waals surface area contributed by atoms with Gasteiger partial charge >= 0.3 is 0 Å². The van der Waals surface area contributed by atoms with Crippen molar-refractivity contribution >= 4 is 57.7 Å². The second-order valence-electron chi connectivity index (χ2n) is 6.29. The molecule has 30 heavy (non-hydrogen) atoms. The van der Waals surface area contributed by atoms with Gasteiger partial charge in [0.25, 0.3) is 5.91 Å². The van der Waals surface area contributed by atoms with Gasteiger partial charge in [0, 0.05) is 12.6 Å². The summed E-state index contributed by atoms with van der Waals surface area (Å²) in [6.45, 7) is 2.79. The smallest absolute Gasteiger partial charge is 0.270 e. The van der Waals surface area contributed by atoms with Crippen LogP contribution in [0.4, 0.5) is 17.1 Å². The summed E-state index contributed by atoms with van der Waals surface area (Å²) >= 11 is 6.67. The maximum atomic E-state index is 12.9. The number of carbonyl (C=O) groups excluding carboxylic acids is 2. The van der Waals surface area contributed by atoms with Crippen LogP contribution in [0.3, 0.4) is 0 Å². The third-order valence-electron chi connectivity index (χ3n) is 4.52. The number of thioether (sulfide) groups is 1. The molecule has 0 aliphatic carbocycles. The highest BCUT2D eigenvalue weighted by Gasteiger charge is 2.33. The van der Waals surface area contributed by atoms with Crippen LogP contribution in [0.5, 0.6) is 5.75 Å². The number of thiocarbonyl (C=S) groups is 1. The molecule has 2 aliphatic rings. The van der Waals surface area contributed by atoms with Crippen molar-refractivity contribution in [3.63, 3.8) is 0 Å². The summed E-state index contributed by atoms with van der Waals surface area (Å²) in [7, 11) is 0. The summed E-state index contributed by atoms with van der Waals surface area (Å²) in [4.78, 5) is 27.4. The summed E-state index contributed by atoms with van der Waals surface area (Å²) in [5.41, 5.74) is 7.43. The number of allylic oxidation sites excluding steroid dienone is 2. The lowest BCUT2D eigenvalue weighted by Gasteiger charge is -2.15. The molecular weight excluding hydrogens is 420 g/mol. The van der Waals surface area contributed by atoms with Gasteiger partial charge in [-0.05, 0) is 49.4 Å². The Balaban J connectivity index is 1.53. The Morgan fingerprint density at radius 2 is 1.90 bits per heavy atom. The minimum atomic E-state index is -0.188. The molecule has 2 aliphatic heterocycles. The van der Waals surface area contributed by atoms with Gasteiger partial charge in [0.05, 0.1) is 22.0 Å². The van der Waals surface area contributed by atoms with E-state index >= 15 is 0 Å². The topological polar surface area (TPSA) is 73.9 Å². The SMILES string of the molecule is CCN1C(=CC=C2SC(=S)N(c3ccc(NNC=O)cc3)C2=O)Oc2ccccc21. The van der Waals surface area contributed by atoms with Crippen molar-refractivity contribution in [2.24, 2.45) is 0 Å². The van der Waals surface area contributed by atoms with E-state index in [1.54, 1.807) is 36.4 Å². The Morgan fingerprint density at radius 1 is 1.13 bits per heavy atom. The number of carbonyl (C=O) groups is 2. The molecule has 2 amide bonds. The van der Waals surface area contributed by atoms with E-state index in [0.717, 1.165) is 18.0 Å². The zero-order valence-corrected chi connectivity index (χ0v) is 17.6. The van der Waals surface area contributed by atoms with E-state index < -0.39 is 0 Å². The van der Waals surface area contributed by atoms with E-state index in [2.05, 4.69) is 10.9 Å². The van der Waals surface area contributed by atoms with Gasteiger partial charge in [0.1, 0.15) is 0 Å². The highest BCUT2D eigenvalue weighted by molar-refractivity contribution is 8.27. The lowest BCUT2D eigenvalue weighted by atomic mass is 10.2. The summed E-state index contributed by atoms with van der Waals surface area (Å²) < 4.78 is 6.38. The highest BCUT2D eigenvalue weighted by Crippen LogP contribution is 2.39. The first-order chi connectivity index (χ1) is 14.6. The molecular formula is C21H18N4O3S2. The standard InChI is InChI=1S/C21H18N4O3S2/c1-2-24-16-5-3-4-6-17(16)28-19(24)12-11-18-20(27)25(21(29)30-18)15-9-7-14(8-10-15)23-22-13-26/h3-13,23H,2H2,1H3,(H,22,26). The fraction of sp³-hybridized carbons (Fsp3) is 0.0952. The minimum Gasteiger partial charge on any atom is -0.439 e. The number of anilines is 3. The van der Waals surface area contributed by atoms with Crippen LogP contribution >= 0.6 is 24.0 Å². The molecule has 2 aromatic rings. The fourth-order valence-corrected chi connectivity index (χ4v) is 4.40. The molecule has 1 fully saturated rings. The number of hydrogen-bond acceptors (Lipinski definition) is 7. The van der Waals surface area contributed by atoms with Crippen LogP contribution in [0, 0.1) is 0 Å². The van der Waals surface area contributed by atoms with E-state index in [1.165, 1.54) is 16.7 Å². The second-order valence-corrected chi connectivity index (χ2v) is 7.97. The van der Waals surface area contributed by atoms with Crippen molar-refractivity contribution in [2.75, 3.05) is 21.8 Å². The number of rotatable bonds is 6. The van der Waals surface area contributed by atoms with Gasteiger partial charge < -0.3 is 9.64 Å². The molecule has 0 aromatic heterocycles. The second kappa shape index (κ2) is 8.60. The molecule has 0 saturated carbocycles. The lowest BCUT2D eigenvalue weighted by Crippen LogP contribution is -2.27. The monoisotopic (exact) mass is 438 g/mol. The van der Waals surface area contributed by atoms with Gasteiger partial charge in [0.15, 0.2) is 10.1 Å². The molecule has 152 valence electrons. The summed E-state index contributed by atoms with van der Waals surface area (Å²) in [5, 5.41) is 0. The Morgan fingerprint density at radius 3 is 2.63 bits per heavy atom. The number of ether oxygens (including phenoxy) is 1. The minimum absolute atomic E-state index is 0.188. The van der Waals surface area contributed by atoms with Crippen molar-refractivity contribution in [1.82, 2.24) is 5.43 Å². The van der Waals surface area contributed by atoms with Crippen molar-refractivity contribution in [2.45, 2.75) is 6.92 Å². The van der Waals surface area contributed by atoms with Crippen LogP contribution in [0.25, 0.3) is 0 Å². The maximum Gasteiger partial charge on any atom is 0.270 e. The first-order valence-corrected chi connectivity index (χ1v) is 10.4. The van der Waals surface area contributed by atoms with Gasteiger partial charge in [-0.25, -0.2) is 0 Å². The number of amides is 2. The molecule has 4 rings (SSSR count). The van der Waals surface area contributed by atoms with Crippen molar-refractivity contribution < 1.29 is 14.3 Å². The number of fused-ring (bicyclic) bond motifs is 1. The van der Waals surface area contributed by atoms with Crippen LogP contribution < -0.4 is 25.4 Å². The van der Waals surface area contributed by atoms with Gasteiger partial charge in [-0.15, -0.1) is 0 Å². The number of nitrogens with zero attached hydrogens (tertiary/aromatic N) is 2. The quantitative estimate of drug-likeness (QED) is 0.308. The first kappa shape index (κ1) is 20.0. The molecule has 0 atom stereocenters. The van der Waals surface area contributed by atoms with Gasteiger partial charge in [0.2, 0.25) is 12.3 Å². The highest BCUT2D eigenvalue weighted by atomic mass is 32.2. The van der Waals surface area contributed by atoms with Crippen molar-refractivity contribution in [1.29, 1.82) is 0 Å². The predicted molar refractivity (Wildman–Crippen MR) is 123 cm³/mol. The molecule has 2 N–H and O–H groups in total. The zero-order chi connectivity index (χ0) is 21.1. The fourth-order valence-electron chi connectivity index (χ4n) is 3.16. The summed E-state index contributed by atoms with van der Waals surface area (Å²) in [6.07, 6.45) is 4.09. The van der Waals surface area contributed by atoms with Crippen LogP contribution in [0.15, 0.2) is 71.5 Å². The lowest BCUT2D eigenvalue weighted by molar-refractivity contribution is -0.113. The van der Waals surface area contributed by atoms with Crippen LogP contribution in [0.1, 0.15) is 6.92 Å². The predicted octanol–water partition coefficient (Wildman–Crippen LogP) is 3.77. The van der Waals surface area contributed by atoms with E-state index in [-0.39, 0.29) is 5.91 Å². The number of para-hydroxylation sites is 2. The molecule has 2 heterocycles. The van der Waals surface area contributed by atoms with E-state index in [1.807, 2.05) is 36.1 Å². The van der Waals surface area contributed by atoms with E-state index in [4.69, 9.17) is 17.0 Å². The van der Waals surface area contributed by atoms with Crippen molar-refractivity contribution in [3.8, 4) is 5.75 Å². The molecule has 0 bridgehead atoms. The molecule has 0 spiro atoms. The number of hydrogen-bond donors (Lipinski definition) is 2. The van der Waals surface area contributed by atoms with Crippen LogP contribution in [0.2, 0.25) is 0 Å². The Kier molecular flexibility index (Phi) is 5.73. The van der Waals surface area contributed by atoms with Crippen LogP contribution in [-0.2, 0) is 9.59 Å². The normalized spacial score (nSPS) is 18.0. The Hall–Kier alpha value is -3.30. The molecule has 7 nitrogen and oxygen atoms in total. The average Bonchev–Trinajstić information content (AvgIpc) is 3.27. The third-order valence-corrected chi connectivity index (χ3v) is 5.85. The third kappa shape index (κ3) is 3.77. The number of nitrogens with one attached hydrogen (secondary N) is 2. The van der Waals surface area contributed by atoms with Gasteiger partial charge in [-0.3, -0.25) is 25.3 Å². The van der Waals surface area contributed by atoms with Crippen LogP contribution in [-0.4, -0.2) is 23.2 Å². The van der Waals surface area contributed by atoms with Gasteiger partial charge in [-0.1, -0.05) is 36.1 Å². The Labute approximate surface area is 183 Å². The van der Waals surface area contributed by atoms with E-state index in [9.17, 15) is 9.59 Å². The van der Waals surface area contributed by atoms with E-state index in [0.29, 0.717) is 32.9 Å². The molecule has 2 aromatic carbocycles. The summed E-state index contributed by atoms with van der Waals surface area (Å²) in [5.74, 6) is 1.28. The molecule has 9 heteroatoms. The van der Waals surface area contributed by atoms with Gasteiger partial charge in [-0.2, -0.15) is 0 Å². The largest absolute Gasteiger partial charge is 0.439 e. The Bertz CT molecular complexity index is 1070. The molecule has 0 radical (unpaired) electrons. The summed E-state index contributed by atoms with van der Waals surface area (Å²) in [6, 6.07) is 14.8. The maximum absolute atomic E-state index is 12.9. The first-order valence-electron chi connectivity index (χ1n) is 9.20. The molecule has 1 saturated heterocycles. The van der Waals surface area contributed by atoms with Crippen molar-refractivity contribution in [3.05, 3.63) is 71.5 Å². The molecule has 0 unspecified atom stereocenters. The average molecular weight is 439 g/mol.